The number of aromatic nitrogens is 1. The molecule has 4 aliphatic carbocycles. The molecule has 4 fully saturated rings. The molecule has 0 radical (unpaired) electrons. The van der Waals surface area contributed by atoms with Crippen molar-refractivity contribution < 1.29 is 9.63 Å². The van der Waals surface area contributed by atoms with Gasteiger partial charge < -0.3 is 4.84 Å². The Balaban J connectivity index is 1.43. The first kappa shape index (κ1) is 16.7. The van der Waals surface area contributed by atoms with Gasteiger partial charge in [0.15, 0.2) is 0 Å². The minimum absolute atomic E-state index is 0.133. The van der Waals surface area contributed by atoms with Gasteiger partial charge in [0, 0.05) is 11.8 Å². The first-order valence-electron chi connectivity index (χ1n) is 9.98. The lowest BCUT2D eigenvalue weighted by Crippen LogP contribution is -2.50. The molecule has 4 aliphatic rings. The number of nitrogens with zero attached hydrogens (tertiary/aromatic N) is 2. The summed E-state index contributed by atoms with van der Waals surface area (Å²) in [6.07, 6.45) is 8.60. The molecule has 0 unspecified atom stereocenters. The molecule has 1 aromatic carbocycles. The number of benzene rings is 1. The Hall–Kier alpha value is -2.49. The number of rotatable bonds is 4. The molecular formula is C23H24N2O2. The van der Waals surface area contributed by atoms with Crippen LogP contribution in [-0.2, 0) is 9.63 Å². The maximum absolute atomic E-state index is 13.1. The largest absolute Gasteiger partial charge is 0.341 e. The highest BCUT2D eigenvalue weighted by Gasteiger charge is 2.55. The smallest absolute Gasteiger partial charge is 0.317 e. The lowest BCUT2D eigenvalue weighted by Gasteiger charge is -2.54. The van der Waals surface area contributed by atoms with Crippen molar-refractivity contribution in [3.63, 3.8) is 0 Å². The zero-order valence-corrected chi connectivity index (χ0v) is 15.4. The molecule has 4 saturated carbocycles. The van der Waals surface area contributed by atoms with Crippen molar-refractivity contribution in [1.29, 1.82) is 0 Å². The van der Waals surface area contributed by atoms with Crippen LogP contribution < -0.4 is 0 Å². The molecule has 0 spiro atoms. The topological polar surface area (TPSA) is 51.5 Å². The van der Waals surface area contributed by atoms with E-state index in [4.69, 9.17) is 4.84 Å². The Labute approximate surface area is 159 Å². The van der Waals surface area contributed by atoms with Gasteiger partial charge in [-0.3, -0.25) is 4.98 Å². The summed E-state index contributed by atoms with van der Waals surface area (Å²) in [5, 5.41) is 4.33. The molecule has 0 N–H and O–H groups in total. The normalized spacial score (nSPS) is 31.7. The van der Waals surface area contributed by atoms with E-state index in [0.29, 0.717) is 29.2 Å². The average molecular weight is 360 g/mol. The summed E-state index contributed by atoms with van der Waals surface area (Å²) in [4.78, 5) is 23.1. The molecule has 0 aliphatic heterocycles. The summed E-state index contributed by atoms with van der Waals surface area (Å²) in [7, 11) is 0. The second-order valence-electron chi connectivity index (χ2n) is 8.60. The highest BCUT2D eigenvalue weighted by molar-refractivity contribution is 6.11. The average Bonchev–Trinajstić information content (AvgIpc) is 2.69. The number of carbonyl (C=O) groups is 1. The highest BCUT2D eigenvalue weighted by atomic mass is 16.7. The van der Waals surface area contributed by atoms with E-state index in [1.807, 2.05) is 48.5 Å². The van der Waals surface area contributed by atoms with Gasteiger partial charge in [0.25, 0.3) is 0 Å². The minimum atomic E-state index is -0.301. The first-order valence-corrected chi connectivity index (χ1v) is 9.98. The Morgan fingerprint density at radius 2 is 1.56 bits per heavy atom. The van der Waals surface area contributed by atoms with E-state index in [0.717, 1.165) is 24.8 Å². The Bertz CT molecular complexity index is 784. The van der Waals surface area contributed by atoms with E-state index in [9.17, 15) is 4.79 Å². The van der Waals surface area contributed by atoms with E-state index in [1.165, 1.54) is 19.3 Å². The second-order valence-corrected chi connectivity index (χ2v) is 8.60. The predicted octanol–water partition coefficient (Wildman–Crippen LogP) is 4.59. The lowest BCUT2D eigenvalue weighted by atomic mass is 9.49. The van der Waals surface area contributed by atoms with E-state index in [2.05, 4.69) is 10.1 Å². The van der Waals surface area contributed by atoms with Crippen LogP contribution in [0.1, 0.15) is 49.8 Å². The van der Waals surface area contributed by atoms with Gasteiger partial charge in [-0.2, -0.15) is 0 Å². The molecule has 6 rings (SSSR count). The van der Waals surface area contributed by atoms with Crippen LogP contribution in [0.25, 0.3) is 0 Å². The molecule has 0 saturated heterocycles. The minimum Gasteiger partial charge on any atom is -0.317 e. The molecule has 138 valence electrons. The van der Waals surface area contributed by atoms with Crippen LogP contribution in [0.15, 0.2) is 59.9 Å². The van der Waals surface area contributed by atoms with Crippen LogP contribution in [-0.4, -0.2) is 16.7 Å². The third kappa shape index (κ3) is 3.07. The molecule has 1 aromatic heterocycles. The van der Waals surface area contributed by atoms with E-state index in [1.54, 1.807) is 6.20 Å². The summed E-state index contributed by atoms with van der Waals surface area (Å²) in [5.41, 5.74) is 1.91. The van der Waals surface area contributed by atoms with Gasteiger partial charge >= 0.3 is 5.97 Å². The van der Waals surface area contributed by atoms with Crippen molar-refractivity contribution in [3.8, 4) is 0 Å². The number of hydrogen-bond acceptors (Lipinski definition) is 4. The lowest BCUT2D eigenvalue weighted by molar-refractivity contribution is -0.171. The monoisotopic (exact) mass is 360 g/mol. The van der Waals surface area contributed by atoms with Gasteiger partial charge in [0.2, 0.25) is 0 Å². The highest BCUT2D eigenvalue weighted by Crippen LogP contribution is 2.60. The van der Waals surface area contributed by atoms with Crippen molar-refractivity contribution in [2.45, 2.75) is 38.5 Å². The number of hydrogen-bond donors (Lipinski definition) is 0. The van der Waals surface area contributed by atoms with Gasteiger partial charge in [-0.1, -0.05) is 41.6 Å². The molecule has 4 heteroatoms. The van der Waals surface area contributed by atoms with Crippen LogP contribution in [0.4, 0.5) is 0 Å². The first-order chi connectivity index (χ1) is 13.2. The van der Waals surface area contributed by atoms with Crippen molar-refractivity contribution in [2.75, 3.05) is 0 Å². The molecule has 27 heavy (non-hydrogen) atoms. The molecule has 1 heterocycles. The molecular weight excluding hydrogens is 336 g/mol. The van der Waals surface area contributed by atoms with Crippen LogP contribution in [0, 0.1) is 23.2 Å². The number of pyridine rings is 1. The Kier molecular flexibility index (Phi) is 4.07. The van der Waals surface area contributed by atoms with Gasteiger partial charge in [-0.25, -0.2) is 4.79 Å². The van der Waals surface area contributed by atoms with Crippen molar-refractivity contribution in [1.82, 2.24) is 4.98 Å². The SMILES string of the molecule is O=C(ON=C(c1ccccc1)c1ccccn1)C12CC3CC(CC(C3)C1)C2. The summed E-state index contributed by atoms with van der Waals surface area (Å²) in [6.45, 7) is 0. The molecule has 0 amide bonds. The zero-order valence-electron chi connectivity index (χ0n) is 15.4. The van der Waals surface area contributed by atoms with Crippen LogP contribution in [0.5, 0.6) is 0 Å². The maximum Gasteiger partial charge on any atom is 0.341 e. The predicted molar refractivity (Wildman–Crippen MR) is 103 cm³/mol. The summed E-state index contributed by atoms with van der Waals surface area (Å²) >= 11 is 0. The van der Waals surface area contributed by atoms with Crippen molar-refractivity contribution >= 4 is 11.7 Å². The standard InChI is InChI=1S/C23H24N2O2/c26-22(23-13-16-10-17(14-23)12-18(11-16)15-23)27-25-21(19-6-2-1-3-7-19)20-8-4-5-9-24-20/h1-9,16-18H,10-15H2. The van der Waals surface area contributed by atoms with Crippen LogP contribution in [0.3, 0.4) is 0 Å². The van der Waals surface area contributed by atoms with Crippen LogP contribution >= 0.6 is 0 Å². The summed E-state index contributed by atoms with van der Waals surface area (Å²) in [6, 6.07) is 15.5. The van der Waals surface area contributed by atoms with Gasteiger partial charge in [0.1, 0.15) is 5.71 Å². The quantitative estimate of drug-likeness (QED) is 0.455. The summed E-state index contributed by atoms with van der Waals surface area (Å²) in [5.74, 6) is 1.98. The molecule has 2 aromatic rings. The second kappa shape index (κ2) is 6.59. The fourth-order valence-corrected chi connectivity index (χ4v) is 5.89. The molecule has 0 atom stereocenters. The number of oxime groups is 1. The Morgan fingerprint density at radius 1 is 0.926 bits per heavy atom. The molecule has 4 nitrogen and oxygen atoms in total. The van der Waals surface area contributed by atoms with E-state index in [-0.39, 0.29) is 11.4 Å². The van der Waals surface area contributed by atoms with E-state index >= 15 is 0 Å². The van der Waals surface area contributed by atoms with Crippen LogP contribution in [0.2, 0.25) is 0 Å². The van der Waals surface area contributed by atoms with Crippen molar-refractivity contribution in [3.05, 3.63) is 66.0 Å². The fourth-order valence-electron chi connectivity index (χ4n) is 5.89. The van der Waals surface area contributed by atoms with Gasteiger partial charge in [-0.05, 0) is 68.4 Å². The Morgan fingerprint density at radius 3 is 2.15 bits per heavy atom. The van der Waals surface area contributed by atoms with E-state index < -0.39 is 0 Å². The maximum atomic E-state index is 13.1. The summed E-state index contributed by atoms with van der Waals surface area (Å²) < 4.78 is 0. The third-order valence-corrected chi connectivity index (χ3v) is 6.65. The van der Waals surface area contributed by atoms with Gasteiger partial charge in [-0.15, -0.1) is 0 Å². The zero-order chi connectivity index (χ0) is 18.3. The number of carbonyl (C=O) groups excluding carboxylic acids is 1. The molecule has 4 bridgehead atoms. The van der Waals surface area contributed by atoms with Gasteiger partial charge in [0.05, 0.1) is 11.1 Å². The fraction of sp³-hybridized carbons (Fsp3) is 0.435. The van der Waals surface area contributed by atoms with Crippen molar-refractivity contribution in [2.24, 2.45) is 28.3 Å². The third-order valence-electron chi connectivity index (χ3n) is 6.65.